The van der Waals surface area contributed by atoms with Crippen LogP contribution >= 0.6 is 0 Å². The van der Waals surface area contributed by atoms with Gasteiger partial charge in [-0.1, -0.05) is 30.3 Å². The van der Waals surface area contributed by atoms with E-state index < -0.39 is 15.9 Å². The third-order valence-corrected chi connectivity index (χ3v) is 4.69. The lowest BCUT2D eigenvalue weighted by Gasteiger charge is -2.03. The maximum Gasteiger partial charge on any atom is 0.311 e. The number of carbonyl (C=O) groups excluding carboxylic acids is 1. The number of primary sulfonamides is 1. The topological polar surface area (TPSA) is 158 Å². The number of hydrogen-bond acceptors (Lipinski definition) is 7. The molecule has 0 aliphatic carbocycles. The fourth-order valence-corrected chi connectivity index (χ4v) is 2.83. The van der Waals surface area contributed by atoms with E-state index in [0.717, 1.165) is 5.56 Å². The minimum absolute atomic E-state index is 0.0442. The number of hydrogen-bond donors (Lipinski definition) is 3. The van der Waals surface area contributed by atoms with Gasteiger partial charge in [-0.3, -0.25) is 4.79 Å². The van der Waals surface area contributed by atoms with E-state index >= 15 is 0 Å². The fraction of sp³-hybridized carbons (Fsp3) is 0.0588. The molecule has 0 aliphatic heterocycles. The number of rotatable bonds is 5. The molecule has 0 saturated carbocycles. The molecule has 28 heavy (non-hydrogen) atoms. The van der Waals surface area contributed by atoms with Gasteiger partial charge in [0.05, 0.1) is 16.3 Å². The zero-order chi connectivity index (χ0) is 20.3. The Kier molecular flexibility index (Phi) is 5.20. The second kappa shape index (κ2) is 7.58. The van der Waals surface area contributed by atoms with Gasteiger partial charge in [-0.25, -0.2) is 19.0 Å². The lowest BCUT2D eigenvalue weighted by Crippen LogP contribution is -2.21. The van der Waals surface area contributed by atoms with Gasteiger partial charge in [0.1, 0.15) is 0 Å². The first kappa shape index (κ1) is 19.2. The molecule has 0 radical (unpaired) electrons. The first-order valence-corrected chi connectivity index (χ1v) is 9.56. The standard InChI is InChI=1S/C17H17N7O3S/c1-11(12-5-3-2-4-6-12)21-22-16(25)15-20-17(18)24(23-15)13-7-9-14(10-8-13)28(19,26)27/h2-10H,1H3,(H,22,25)(H2,18,20,23)(H2,19,26,27)/b21-11+. The maximum atomic E-state index is 12.3. The lowest BCUT2D eigenvalue weighted by molar-refractivity contribution is 0.0944. The summed E-state index contributed by atoms with van der Waals surface area (Å²) in [4.78, 5) is 16.1. The minimum atomic E-state index is -3.81. The van der Waals surface area contributed by atoms with E-state index in [9.17, 15) is 13.2 Å². The molecule has 0 saturated heterocycles. The fourth-order valence-electron chi connectivity index (χ4n) is 2.32. The molecule has 0 atom stereocenters. The van der Waals surface area contributed by atoms with E-state index in [0.29, 0.717) is 11.4 Å². The number of nitrogens with one attached hydrogen (secondary N) is 1. The highest BCUT2D eigenvalue weighted by molar-refractivity contribution is 7.89. The summed E-state index contributed by atoms with van der Waals surface area (Å²) in [5, 5.41) is 13.1. The Hall–Kier alpha value is -3.57. The molecule has 144 valence electrons. The number of sulfonamides is 1. The van der Waals surface area contributed by atoms with Crippen LogP contribution in [0.25, 0.3) is 5.69 Å². The maximum absolute atomic E-state index is 12.3. The average molecular weight is 399 g/mol. The molecule has 1 aromatic heterocycles. The van der Waals surface area contributed by atoms with Crippen LogP contribution < -0.4 is 16.3 Å². The van der Waals surface area contributed by atoms with Gasteiger partial charge in [-0.05, 0) is 36.8 Å². The SMILES string of the molecule is C/C(=N\NC(=O)c1nc(N)n(-c2ccc(S(N)(=O)=O)cc2)n1)c1ccccc1. The van der Waals surface area contributed by atoms with Crippen LogP contribution in [0.3, 0.4) is 0 Å². The number of anilines is 1. The highest BCUT2D eigenvalue weighted by Gasteiger charge is 2.16. The molecule has 11 heteroatoms. The van der Waals surface area contributed by atoms with Gasteiger partial charge < -0.3 is 5.73 Å². The number of amides is 1. The number of aromatic nitrogens is 3. The van der Waals surface area contributed by atoms with Crippen molar-refractivity contribution in [3.8, 4) is 5.69 Å². The largest absolute Gasteiger partial charge is 0.368 e. The van der Waals surface area contributed by atoms with Gasteiger partial charge >= 0.3 is 5.91 Å². The van der Waals surface area contributed by atoms with Crippen LogP contribution in [0.4, 0.5) is 5.95 Å². The van der Waals surface area contributed by atoms with Crippen molar-refractivity contribution in [3.63, 3.8) is 0 Å². The molecule has 0 fully saturated rings. The number of nitrogen functional groups attached to an aromatic ring is 1. The number of nitrogens with two attached hydrogens (primary N) is 2. The second-order valence-corrected chi connectivity index (χ2v) is 7.31. The van der Waals surface area contributed by atoms with Gasteiger partial charge in [0.25, 0.3) is 0 Å². The van der Waals surface area contributed by atoms with Gasteiger partial charge in [-0.2, -0.15) is 14.8 Å². The highest BCUT2D eigenvalue weighted by Crippen LogP contribution is 2.15. The van der Waals surface area contributed by atoms with Gasteiger partial charge in [-0.15, -0.1) is 5.10 Å². The Morgan fingerprint density at radius 1 is 1.11 bits per heavy atom. The van der Waals surface area contributed by atoms with Crippen LogP contribution in [0.1, 0.15) is 23.1 Å². The molecular formula is C17H17N7O3S. The summed E-state index contributed by atoms with van der Waals surface area (Å²) in [5.41, 5.74) is 10.1. The Bertz CT molecular complexity index is 1140. The molecule has 10 nitrogen and oxygen atoms in total. The van der Waals surface area contributed by atoms with E-state index in [-0.39, 0.29) is 16.7 Å². The quantitative estimate of drug-likeness (QED) is 0.422. The highest BCUT2D eigenvalue weighted by atomic mass is 32.2. The molecule has 0 aliphatic rings. The van der Waals surface area contributed by atoms with Crippen LogP contribution in [0, 0.1) is 0 Å². The molecule has 3 rings (SSSR count). The molecule has 1 heterocycles. The molecule has 5 N–H and O–H groups in total. The van der Waals surface area contributed by atoms with Gasteiger partial charge in [0.2, 0.25) is 21.8 Å². The third-order valence-electron chi connectivity index (χ3n) is 3.76. The number of nitrogens with zero attached hydrogens (tertiary/aromatic N) is 4. The van der Waals surface area contributed by atoms with E-state index in [1.165, 1.54) is 28.9 Å². The van der Waals surface area contributed by atoms with E-state index in [1.54, 1.807) is 6.92 Å². The van der Waals surface area contributed by atoms with Gasteiger partial charge in [0.15, 0.2) is 0 Å². The smallest absolute Gasteiger partial charge is 0.311 e. The van der Waals surface area contributed by atoms with Crippen LogP contribution in [0.15, 0.2) is 64.6 Å². The van der Waals surface area contributed by atoms with E-state index in [1.807, 2.05) is 30.3 Å². The van der Waals surface area contributed by atoms with Crippen molar-refractivity contribution in [2.45, 2.75) is 11.8 Å². The molecular weight excluding hydrogens is 382 g/mol. The second-order valence-electron chi connectivity index (χ2n) is 5.75. The minimum Gasteiger partial charge on any atom is -0.368 e. The number of carbonyl (C=O) groups is 1. The predicted octanol–water partition coefficient (Wildman–Crippen LogP) is 0.651. The normalized spacial score (nSPS) is 12.0. The lowest BCUT2D eigenvalue weighted by atomic mass is 10.1. The number of benzene rings is 2. The van der Waals surface area contributed by atoms with E-state index in [4.69, 9.17) is 10.9 Å². The van der Waals surface area contributed by atoms with Gasteiger partial charge in [0, 0.05) is 0 Å². The summed E-state index contributed by atoms with van der Waals surface area (Å²) < 4.78 is 23.9. The number of hydrazone groups is 1. The van der Waals surface area contributed by atoms with Crippen molar-refractivity contribution in [2.75, 3.05) is 5.73 Å². The first-order chi connectivity index (χ1) is 13.3. The zero-order valence-electron chi connectivity index (χ0n) is 14.8. The van der Waals surface area contributed by atoms with Crippen molar-refractivity contribution in [1.29, 1.82) is 0 Å². The first-order valence-electron chi connectivity index (χ1n) is 8.01. The van der Waals surface area contributed by atoms with Crippen molar-refractivity contribution >= 4 is 27.6 Å². The molecule has 0 spiro atoms. The summed E-state index contributed by atoms with van der Waals surface area (Å²) in [7, 11) is -3.81. The van der Waals surface area contributed by atoms with Crippen LogP contribution in [0.5, 0.6) is 0 Å². The Morgan fingerprint density at radius 2 is 1.75 bits per heavy atom. The van der Waals surface area contributed by atoms with Crippen LogP contribution in [-0.2, 0) is 10.0 Å². The van der Waals surface area contributed by atoms with Crippen molar-refractivity contribution in [3.05, 3.63) is 66.0 Å². The molecule has 2 aromatic carbocycles. The van der Waals surface area contributed by atoms with Crippen LogP contribution in [0.2, 0.25) is 0 Å². The summed E-state index contributed by atoms with van der Waals surface area (Å²) in [5.74, 6) is -0.864. The molecule has 1 amide bonds. The summed E-state index contributed by atoms with van der Waals surface area (Å²) >= 11 is 0. The summed E-state index contributed by atoms with van der Waals surface area (Å²) in [6, 6.07) is 14.8. The zero-order valence-corrected chi connectivity index (χ0v) is 15.6. The molecule has 0 bridgehead atoms. The van der Waals surface area contributed by atoms with Crippen LogP contribution in [-0.4, -0.2) is 34.8 Å². The molecule has 3 aromatic rings. The Balaban J connectivity index is 1.79. The summed E-state index contributed by atoms with van der Waals surface area (Å²) in [6.07, 6.45) is 0. The predicted molar refractivity (Wildman–Crippen MR) is 103 cm³/mol. The van der Waals surface area contributed by atoms with Crippen molar-refractivity contribution in [1.82, 2.24) is 20.2 Å². The Labute approximate surface area is 160 Å². The molecule has 0 unspecified atom stereocenters. The third kappa shape index (κ3) is 4.22. The Morgan fingerprint density at radius 3 is 2.36 bits per heavy atom. The van der Waals surface area contributed by atoms with Crippen molar-refractivity contribution < 1.29 is 13.2 Å². The summed E-state index contributed by atoms with van der Waals surface area (Å²) in [6.45, 7) is 1.75. The average Bonchev–Trinajstić information content (AvgIpc) is 3.07. The van der Waals surface area contributed by atoms with E-state index in [2.05, 4.69) is 20.6 Å². The monoisotopic (exact) mass is 399 g/mol. The van der Waals surface area contributed by atoms with Crippen molar-refractivity contribution in [2.24, 2.45) is 10.2 Å².